The summed E-state index contributed by atoms with van der Waals surface area (Å²) in [5.74, 6) is -3.10. The van der Waals surface area contributed by atoms with Crippen LogP contribution in [0.2, 0.25) is 0 Å². The van der Waals surface area contributed by atoms with Gasteiger partial charge in [0.25, 0.3) is 0 Å². The number of ether oxygens (including phenoxy) is 1. The maximum Gasteiger partial charge on any atom is 0.321 e. The van der Waals surface area contributed by atoms with Crippen LogP contribution in [0, 0.1) is 11.6 Å². The van der Waals surface area contributed by atoms with E-state index >= 15 is 0 Å². The van der Waals surface area contributed by atoms with Crippen LogP contribution in [-0.2, 0) is 19.6 Å². The predicted octanol–water partition coefficient (Wildman–Crippen LogP) is 1.93. The van der Waals surface area contributed by atoms with E-state index in [-0.39, 0.29) is 13.2 Å². The van der Waals surface area contributed by atoms with Gasteiger partial charge in [0.2, 0.25) is 10.0 Å². The quantitative estimate of drug-likeness (QED) is 0.720. The molecule has 0 radical (unpaired) electrons. The largest absolute Gasteiger partial charge is 0.465 e. The average molecular weight is 321 g/mol. The zero-order chi connectivity index (χ0) is 16.0. The number of hydrogen-bond donors (Lipinski definition) is 0. The van der Waals surface area contributed by atoms with E-state index in [4.69, 9.17) is 4.74 Å². The van der Waals surface area contributed by atoms with E-state index in [9.17, 15) is 22.0 Å². The number of nitrogens with zero attached hydrogens (tertiary/aromatic N) is 1. The molecule has 0 amide bonds. The van der Waals surface area contributed by atoms with E-state index in [2.05, 4.69) is 0 Å². The SMILES string of the molecule is CCCN(CC(=O)OCC)S(=O)(=O)c1ccc(F)c(F)c1. The maximum absolute atomic E-state index is 13.2. The molecule has 0 saturated heterocycles. The molecule has 0 N–H and O–H groups in total. The van der Waals surface area contributed by atoms with Crippen molar-refractivity contribution < 1.29 is 26.7 Å². The van der Waals surface area contributed by atoms with Gasteiger partial charge in [0.1, 0.15) is 6.54 Å². The van der Waals surface area contributed by atoms with Crippen LogP contribution in [0.5, 0.6) is 0 Å². The molecule has 0 saturated carbocycles. The third-order valence-corrected chi connectivity index (χ3v) is 4.45. The standard InChI is InChI=1S/C13H17F2NO4S/c1-3-7-16(9-13(17)20-4-2)21(18,19)10-5-6-11(14)12(15)8-10/h5-6,8H,3-4,7,9H2,1-2H3. The number of sulfonamides is 1. The minimum absolute atomic E-state index is 0.0696. The Balaban J connectivity index is 3.09. The lowest BCUT2D eigenvalue weighted by atomic mass is 10.3. The fourth-order valence-corrected chi connectivity index (χ4v) is 3.16. The van der Waals surface area contributed by atoms with Gasteiger partial charge in [-0.05, 0) is 31.5 Å². The van der Waals surface area contributed by atoms with Gasteiger partial charge in [0.15, 0.2) is 11.6 Å². The summed E-state index contributed by atoms with van der Waals surface area (Å²) >= 11 is 0. The molecule has 0 atom stereocenters. The summed E-state index contributed by atoms with van der Waals surface area (Å²) in [6.45, 7) is 3.07. The lowest BCUT2D eigenvalue weighted by Gasteiger charge is -2.20. The summed E-state index contributed by atoms with van der Waals surface area (Å²) in [7, 11) is -4.09. The van der Waals surface area contributed by atoms with Gasteiger partial charge in [-0.2, -0.15) is 4.31 Å². The third kappa shape index (κ3) is 4.47. The molecule has 0 fully saturated rings. The van der Waals surface area contributed by atoms with Crippen molar-refractivity contribution in [1.29, 1.82) is 0 Å². The molecule has 0 aliphatic carbocycles. The van der Waals surface area contributed by atoms with Gasteiger partial charge >= 0.3 is 5.97 Å². The Morgan fingerprint density at radius 2 is 1.90 bits per heavy atom. The molecule has 0 heterocycles. The second kappa shape index (κ2) is 7.46. The molecule has 1 rings (SSSR count). The second-order valence-corrected chi connectivity index (χ2v) is 6.16. The normalized spacial score (nSPS) is 11.7. The zero-order valence-electron chi connectivity index (χ0n) is 11.8. The Bertz CT molecular complexity index is 604. The number of halogens is 2. The van der Waals surface area contributed by atoms with Crippen LogP contribution in [0.3, 0.4) is 0 Å². The molecule has 21 heavy (non-hydrogen) atoms. The van der Waals surface area contributed by atoms with Crippen molar-refractivity contribution in [3.8, 4) is 0 Å². The van der Waals surface area contributed by atoms with E-state index in [0.717, 1.165) is 16.4 Å². The molecule has 0 aliphatic rings. The number of carbonyl (C=O) groups is 1. The van der Waals surface area contributed by atoms with Crippen molar-refractivity contribution in [2.45, 2.75) is 25.2 Å². The molecule has 1 aromatic rings. The van der Waals surface area contributed by atoms with E-state index in [1.54, 1.807) is 13.8 Å². The van der Waals surface area contributed by atoms with Crippen LogP contribution in [0.25, 0.3) is 0 Å². The van der Waals surface area contributed by atoms with Crippen LogP contribution in [0.15, 0.2) is 23.1 Å². The smallest absolute Gasteiger partial charge is 0.321 e. The molecule has 0 aromatic heterocycles. The lowest BCUT2D eigenvalue weighted by molar-refractivity contribution is -0.143. The summed E-state index contributed by atoms with van der Waals surface area (Å²) in [4.78, 5) is 11.1. The van der Waals surface area contributed by atoms with Crippen molar-refractivity contribution in [2.75, 3.05) is 19.7 Å². The van der Waals surface area contributed by atoms with E-state index < -0.39 is 39.1 Å². The monoisotopic (exact) mass is 321 g/mol. The van der Waals surface area contributed by atoms with Gasteiger partial charge in [0, 0.05) is 6.54 Å². The van der Waals surface area contributed by atoms with Gasteiger partial charge in [-0.1, -0.05) is 6.92 Å². The highest BCUT2D eigenvalue weighted by molar-refractivity contribution is 7.89. The van der Waals surface area contributed by atoms with Crippen LogP contribution in [0.1, 0.15) is 20.3 Å². The van der Waals surface area contributed by atoms with Crippen molar-refractivity contribution in [1.82, 2.24) is 4.31 Å². The summed E-state index contributed by atoms with van der Waals surface area (Å²) in [6.07, 6.45) is 0.461. The molecule has 1 aromatic carbocycles. The Hall–Kier alpha value is -1.54. The number of esters is 1. The molecule has 5 nitrogen and oxygen atoms in total. The number of rotatable bonds is 7. The van der Waals surface area contributed by atoms with Crippen LogP contribution < -0.4 is 0 Å². The molecule has 118 valence electrons. The molecular formula is C13H17F2NO4S. The average Bonchev–Trinajstić information content (AvgIpc) is 2.41. The predicted molar refractivity (Wildman–Crippen MR) is 72.0 cm³/mol. The van der Waals surface area contributed by atoms with Crippen LogP contribution >= 0.6 is 0 Å². The van der Waals surface area contributed by atoms with Crippen LogP contribution in [0.4, 0.5) is 8.78 Å². The molecule has 8 heteroatoms. The fraction of sp³-hybridized carbons (Fsp3) is 0.462. The Kier molecular flexibility index (Phi) is 6.22. The highest BCUT2D eigenvalue weighted by atomic mass is 32.2. The summed E-state index contributed by atoms with van der Waals surface area (Å²) in [6, 6.07) is 2.29. The topological polar surface area (TPSA) is 63.7 Å². The van der Waals surface area contributed by atoms with Gasteiger partial charge in [-0.3, -0.25) is 4.79 Å². The lowest BCUT2D eigenvalue weighted by Crippen LogP contribution is -2.37. The minimum atomic E-state index is -4.09. The first-order valence-corrected chi connectivity index (χ1v) is 7.87. The Labute approximate surface area is 122 Å². The van der Waals surface area contributed by atoms with Gasteiger partial charge in [-0.25, -0.2) is 17.2 Å². The third-order valence-electron chi connectivity index (χ3n) is 2.61. The van der Waals surface area contributed by atoms with Crippen molar-refractivity contribution >= 4 is 16.0 Å². The summed E-state index contributed by atoms with van der Waals surface area (Å²) < 4.78 is 56.4. The van der Waals surface area contributed by atoms with Crippen molar-refractivity contribution in [3.63, 3.8) is 0 Å². The van der Waals surface area contributed by atoms with Crippen molar-refractivity contribution in [3.05, 3.63) is 29.8 Å². The molecule has 0 unspecified atom stereocenters. The molecular weight excluding hydrogens is 304 g/mol. The Morgan fingerprint density at radius 1 is 1.24 bits per heavy atom. The molecule has 0 aliphatic heterocycles. The summed E-state index contributed by atoms with van der Waals surface area (Å²) in [5, 5.41) is 0. The summed E-state index contributed by atoms with van der Waals surface area (Å²) in [5.41, 5.74) is 0. The van der Waals surface area contributed by atoms with E-state index in [1.807, 2.05) is 0 Å². The number of hydrogen-bond acceptors (Lipinski definition) is 4. The van der Waals surface area contributed by atoms with Gasteiger partial charge < -0.3 is 4.74 Å². The Morgan fingerprint density at radius 3 is 2.43 bits per heavy atom. The van der Waals surface area contributed by atoms with E-state index in [0.29, 0.717) is 12.5 Å². The number of carbonyl (C=O) groups excluding carboxylic acids is 1. The highest BCUT2D eigenvalue weighted by Gasteiger charge is 2.27. The maximum atomic E-state index is 13.2. The number of benzene rings is 1. The van der Waals surface area contributed by atoms with Crippen LogP contribution in [-0.4, -0.2) is 38.4 Å². The first kappa shape index (κ1) is 17.5. The van der Waals surface area contributed by atoms with Gasteiger partial charge in [0.05, 0.1) is 11.5 Å². The first-order chi connectivity index (χ1) is 9.82. The second-order valence-electron chi connectivity index (χ2n) is 4.22. The molecule has 0 bridgehead atoms. The fourth-order valence-electron chi connectivity index (χ4n) is 1.67. The van der Waals surface area contributed by atoms with Crippen molar-refractivity contribution in [2.24, 2.45) is 0 Å². The van der Waals surface area contributed by atoms with E-state index in [1.165, 1.54) is 0 Å². The minimum Gasteiger partial charge on any atom is -0.465 e. The highest BCUT2D eigenvalue weighted by Crippen LogP contribution is 2.18. The first-order valence-electron chi connectivity index (χ1n) is 6.43. The molecule has 0 spiro atoms. The zero-order valence-corrected chi connectivity index (χ0v) is 12.6. The van der Waals surface area contributed by atoms with Gasteiger partial charge in [-0.15, -0.1) is 0 Å².